The molecule has 131 heavy (non-hydrogen) atoms. The molecule has 0 bridgehead atoms. The van der Waals surface area contributed by atoms with Gasteiger partial charge in [0.1, 0.15) is 59.6 Å². The summed E-state index contributed by atoms with van der Waals surface area (Å²) < 4.78 is 49.9. The minimum atomic E-state index is -0.701. The summed E-state index contributed by atoms with van der Waals surface area (Å²) in [5, 5.41) is 12.7. The fourth-order valence-electron chi connectivity index (χ4n) is 18.7. The molecule has 0 spiro atoms. The van der Waals surface area contributed by atoms with Gasteiger partial charge in [-0.2, -0.15) is 15.0 Å². The van der Waals surface area contributed by atoms with E-state index in [1.807, 2.05) is 56.2 Å². The van der Waals surface area contributed by atoms with Crippen LogP contribution in [0.3, 0.4) is 0 Å². The SMILES string of the molecule is C=CC(=O)N1C[C@H](C)N(c2nc(=O)n(-c3c(C4CC4)ncnc3C3CC3)c3nc(-c4c(N)cccc4F)c(Cl)cc23)C[C@H]1C.C=CC(=O)N1C[C@H](C)N(c2nc(=O)n(-c3c(C4CC4)ncnc3C3CC3)c3nc(-c4c(O)cccc4F)c(Cl)cc23)C[C@H]1C.C=CC(=O)N1C[C@H](C)N(c2nc(=O)n(-c3c(C4CC4)ncnc3C3CC3)c3nc(-c4ccccc4F)c(Cl)cc23)C[C@H]1C. The Morgan fingerprint density at radius 2 is 0.679 bits per heavy atom. The molecule has 9 fully saturated rings. The van der Waals surface area contributed by atoms with Crippen LogP contribution >= 0.6 is 34.8 Å². The molecule has 6 atom stereocenters. The molecule has 3 N–H and O–H groups in total. The van der Waals surface area contributed by atoms with Crippen molar-refractivity contribution in [3.05, 3.63) is 234 Å². The zero-order chi connectivity index (χ0) is 91.7. The number of hydrogen-bond donors (Lipinski definition) is 2. The normalized spacial score (nSPS) is 20.3. The fraction of sp³-hybridized carbons (Fsp3) is 0.375. The maximum absolute atomic E-state index is 15.2. The standard InChI is InChI=1S/C32H32ClFN8O2.C32H31ClFN7O3.C32H31ClFN7O2/c1-4-24(43)40-13-17(3)41(14-16(40)2)30-20-12-21(33)28(25-22(34)6-5-7-23(25)35)38-31(20)42(32(44)39-30)29-26(18-8-9-18)36-15-37-27(29)19-10-11-19;1-4-24(43)39-13-17(3)40(14-16(39)2)30-20-12-21(33)28(25-22(34)6-5-7-23(25)42)37-31(20)41(32(44)38-30)29-26(18-8-9-18)35-15-36-27(29)19-10-11-19;1-4-25(42)39-14-18(3)40(15-17(39)2)30-22-13-23(33)28(21-7-5-6-8-24(21)34)37-31(22)41(32(43)38-30)29-26(19-9-10-19)35-16-36-27(29)20-11-12-20/h4-7,12,15-19H,1,8-11,13-14,35H2,2-3H3;4-7,12,15-19,42H,1,8-11,13-14H2,2-3H3;4-8,13,16-20H,1,9-12,14-15H2,2-3H3/t2*16-,17+;17-,18+/m111/s1. The second-order valence-corrected chi connectivity index (χ2v) is 37.0. The molecule has 0 unspecified atom stereocenters. The fourth-order valence-corrected chi connectivity index (χ4v) is 19.4. The van der Waals surface area contributed by atoms with E-state index in [0.717, 1.165) is 111 Å². The Labute approximate surface area is 765 Å². The Balaban J connectivity index is 0.000000127. The lowest BCUT2D eigenvalue weighted by Gasteiger charge is -2.44. The molecule has 6 saturated carbocycles. The predicted molar refractivity (Wildman–Crippen MR) is 496 cm³/mol. The van der Waals surface area contributed by atoms with Crippen LogP contribution in [-0.2, 0) is 14.4 Å². The predicted octanol–water partition coefficient (Wildman–Crippen LogP) is 15.5. The van der Waals surface area contributed by atoms with Crippen LogP contribution in [-0.4, -0.2) is 187 Å². The number of carbonyl (C=O) groups excluding carboxylic acids is 3. The van der Waals surface area contributed by atoms with Gasteiger partial charge in [-0.25, -0.2) is 86.1 Å². The van der Waals surface area contributed by atoms with Gasteiger partial charge in [0.2, 0.25) is 17.7 Å². The van der Waals surface area contributed by atoms with E-state index in [-0.39, 0.29) is 161 Å². The number of hydrogen-bond acceptors (Lipinski definition) is 23. The first-order valence-electron chi connectivity index (χ1n) is 44.4. The van der Waals surface area contributed by atoms with Crippen LogP contribution in [0, 0.1) is 17.5 Å². The van der Waals surface area contributed by atoms with Gasteiger partial charge in [0.05, 0.1) is 111 Å². The molecular weight excluding hydrogens is 1740 g/mol. The van der Waals surface area contributed by atoms with Crippen molar-refractivity contribution in [2.24, 2.45) is 0 Å². The lowest BCUT2D eigenvalue weighted by atomic mass is 10.1. The lowest BCUT2D eigenvalue weighted by molar-refractivity contribution is -0.129. The molecule has 21 rings (SSSR count). The van der Waals surface area contributed by atoms with Crippen molar-refractivity contribution in [3.8, 4) is 56.6 Å². The van der Waals surface area contributed by atoms with Gasteiger partial charge < -0.3 is 40.2 Å². The Kier molecular flexibility index (Phi) is 23.2. The van der Waals surface area contributed by atoms with E-state index in [1.165, 1.54) is 68.3 Å². The highest BCUT2D eigenvalue weighted by atomic mass is 35.5. The number of phenolic OH excluding ortho intramolecular Hbond substituents is 1. The van der Waals surface area contributed by atoms with E-state index in [2.05, 4.69) is 64.6 Å². The third-order valence-corrected chi connectivity index (χ3v) is 27.1. The molecule has 35 heteroatoms. The van der Waals surface area contributed by atoms with Crippen molar-refractivity contribution >= 4 is 109 Å². The number of piperazine rings is 3. The smallest absolute Gasteiger partial charge is 0.355 e. The number of nitrogens with zero attached hydrogens (tertiary/aromatic N) is 21. The summed E-state index contributed by atoms with van der Waals surface area (Å²) in [5.41, 5.74) is 12.7. The molecule has 9 aromatic heterocycles. The van der Waals surface area contributed by atoms with Gasteiger partial charge in [-0.15, -0.1) is 0 Å². The summed E-state index contributed by atoms with van der Waals surface area (Å²) in [6, 6.07) is 18.6. The number of aromatic hydroxyl groups is 1. The topological polar surface area (TPSA) is 338 Å². The zero-order valence-corrected chi connectivity index (χ0v) is 75.1. The summed E-state index contributed by atoms with van der Waals surface area (Å²) in [7, 11) is 0. The van der Waals surface area contributed by atoms with Crippen LogP contribution in [0.2, 0.25) is 15.1 Å². The molecule has 29 nitrogen and oxygen atoms in total. The molecule has 672 valence electrons. The number of benzene rings is 3. The molecule has 9 aliphatic rings. The number of anilines is 4. The average Bonchev–Trinajstić information content (AvgIpc) is 1.24. The van der Waals surface area contributed by atoms with Crippen molar-refractivity contribution in [3.63, 3.8) is 0 Å². The number of fused-ring (bicyclic) bond motifs is 3. The lowest BCUT2D eigenvalue weighted by Crippen LogP contribution is -2.58. The van der Waals surface area contributed by atoms with Gasteiger partial charge in [-0.3, -0.25) is 14.4 Å². The third kappa shape index (κ3) is 16.3. The number of rotatable bonds is 18. The van der Waals surface area contributed by atoms with Crippen LogP contribution in [0.25, 0.3) is 83.9 Å². The van der Waals surface area contributed by atoms with E-state index < -0.39 is 34.5 Å². The second-order valence-electron chi connectivity index (χ2n) is 35.8. The van der Waals surface area contributed by atoms with Crippen molar-refractivity contribution in [1.82, 2.24) is 88.2 Å². The van der Waals surface area contributed by atoms with Gasteiger partial charge in [-0.1, -0.05) is 78.8 Å². The maximum atomic E-state index is 15.2. The number of nitrogen functional groups attached to an aromatic ring is 1. The molecule has 3 saturated heterocycles. The highest BCUT2D eigenvalue weighted by molar-refractivity contribution is 6.35. The summed E-state index contributed by atoms with van der Waals surface area (Å²) in [6.45, 7) is 25.1. The van der Waals surface area contributed by atoms with E-state index in [4.69, 9.17) is 55.5 Å². The van der Waals surface area contributed by atoms with Gasteiger partial charge in [0, 0.05) is 122 Å². The zero-order valence-electron chi connectivity index (χ0n) is 72.9. The first-order chi connectivity index (χ1) is 63.1. The van der Waals surface area contributed by atoms with Crippen LogP contribution in [0.15, 0.2) is 150 Å². The van der Waals surface area contributed by atoms with Gasteiger partial charge in [-0.05, 0) is 191 Å². The first kappa shape index (κ1) is 87.4. The van der Waals surface area contributed by atoms with Gasteiger partial charge in [0.15, 0.2) is 16.9 Å². The van der Waals surface area contributed by atoms with E-state index >= 15 is 13.2 Å². The first-order valence-corrected chi connectivity index (χ1v) is 45.6. The van der Waals surface area contributed by atoms with Crippen molar-refractivity contribution in [1.29, 1.82) is 0 Å². The number of amides is 3. The molecule has 3 aromatic carbocycles. The molecule has 12 heterocycles. The van der Waals surface area contributed by atoms with E-state index in [0.29, 0.717) is 95.6 Å². The summed E-state index contributed by atoms with van der Waals surface area (Å²) in [4.78, 5) is 148. The van der Waals surface area contributed by atoms with Crippen molar-refractivity contribution in [2.45, 2.75) is 190 Å². The Morgan fingerprint density at radius 3 is 0.985 bits per heavy atom. The van der Waals surface area contributed by atoms with Crippen molar-refractivity contribution in [2.75, 3.05) is 59.7 Å². The van der Waals surface area contributed by atoms with E-state index in [9.17, 15) is 33.9 Å². The second kappa shape index (κ2) is 34.7. The third-order valence-electron chi connectivity index (χ3n) is 26.3. The van der Waals surface area contributed by atoms with Crippen LogP contribution in [0.4, 0.5) is 36.3 Å². The average molecular weight is 1830 g/mol. The van der Waals surface area contributed by atoms with E-state index in [1.54, 1.807) is 76.1 Å². The maximum Gasteiger partial charge on any atom is 0.355 e. The van der Waals surface area contributed by atoms with Crippen LogP contribution in [0.5, 0.6) is 5.75 Å². The Bertz CT molecular complexity index is 6550. The molecular formula is C96H94Cl3F3N22O7. The summed E-state index contributed by atoms with van der Waals surface area (Å²) in [6.07, 6.45) is 20.2. The minimum absolute atomic E-state index is 0.000626. The molecule has 3 aliphatic heterocycles. The molecule has 6 aliphatic carbocycles. The number of aromatic nitrogens is 15. The summed E-state index contributed by atoms with van der Waals surface area (Å²) >= 11 is 20.5. The number of carbonyl (C=O) groups is 3. The molecule has 3 amide bonds. The van der Waals surface area contributed by atoms with Crippen molar-refractivity contribution < 1.29 is 32.7 Å². The molecule has 12 aromatic rings. The minimum Gasteiger partial charge on any atom is -0.507 e. The number of halogens is 6. The highest BCUT2D eigenvalue weighted by Gasteiger charge is 2.44. The largest absolute Gasteiger partial charge is 0.507 e. The Hall–Kier alpha value is -12.9. The van der Waals surface area contributed by atoms with Crippen LogP contribution in [0.1, 0.15) is 188 Å². The highest BCUT2D eigenvalue weighted by Crippen LogP contribution is 2.53. The number of nitrogens with two attached hydrogens (primary N) is 1. The monoisotopic (exact) mass is 1830 g/mol. The number of pyridine rings is 3. The molecule has 0 radical (unpaired) electrons. The number of phenols is 1. The summed E-state index contributed by atoms with van der Waals surface area (Å²) in [5.74, 6) is -0.110. The van der Waals surface area contributed by atoms with Gasteiger partial charge >= 0.3 is 17.1 Å². The van der Waals surface area contributed by atoms with Gasteiger partial charge in [0.25, 0.3) is 0 Å². The Morgan fingerprint density at radius 1 is 0.389 bits per heavy atom. The van der Waals surface area contributed by atoms with Crippen LogP contribution < -0.4 is 37.5 Å². The quantitative estimate of drug-likeness (QED) is 0.0595.